The van der Waals surface area contributed by atoms with E-state index in [4.69, 9.17) is 33.0 Å². The molecule has 1 aromatic rings. The molecule has 18 heavy (non-hydrogen) atoms. The zero-order valence-electron chi connectivity index (χ0n) is 10.2. The second-order valence-corrected chi connectivity index (χ2v) is 4.55. The second kappa shape index (κ2) is 6.83. The minimum absolute atomic E-state index is 0.111. The van der Waals surface area contributed by atoms with Crippen molar-refractivity contribution < 1.29 is 14.6 Å². The lowest BCUT2D eigenvalue weighted by Crippen LogP contribution is -2.36. The lowest BCUT2D eigenvalue weighted by molar-refractivity contribution is 0.0915. The average Bonchev–Trinajstić information content (AvgIpc) is 2.35. The van der Waals surface area contributed by atoms with Gasteiger partial charge < -0.3 is 15.2 Å². The molecule has 0 aliphatic rings. The van der Waals surface area contributed by atoms with Gasteiger partial charge in [-0.15, -0.1) is 0 Å². The van der Waals surface area contributed by atoms with E-state index in [1.165, 1.54) is 19.2 Å². The number of benzene rings is 1. The largest absolute Gasteiger partial charge is 0.494 e. The monoisotopic (exact) mass is 291 g/mol. The maximum atomic E-state index is 11.9. The molecule has 0 aromatic heterocycles. The van der Waals surface area contributed by atoms with E-state index >= 15 is 0 Å². The summed E-state index contributed by atoms with van der Waals surface area (Å²) in [5.74, 6) is 0.00596. The zero-order valence-corrected chi connectivity index (χ0v) is 11.7. The van der Waals surface area contributed by atoms with Gasteiger partial charge in [-0.1, -0.05) is 30.1 Å². The van der Waals surface area contributed by atoms with Crippen LogP contribution in [0.3, 0.4) is 0 Å². The summed E-state index contributed by atoms with van der Waals surface area (Å²) in [6, 6.07) is 2.68. The molecule has 2 N–H and O–H groups in total. The summed E-state index contributed by atoms with van der Waals surface area (Å²) in [7, 11) is 1.45. The minimum atomic E-state index is -0.331. The Morgan fingerprint density at radius 3 is 2.39 bits per heavy atom. The number of nitrogens with one attached hydrogen (secondary N) is 1. The highest BCUT2D eigenvalue weighted by molar-refractivity contribution is 6.37. The van der Waals surface area contributed by atoms with Crippen molar-refractivity contribution in [1.82, 2.24) is 5.32 Å². The van der Waals surface area contributed by atoms with Crippen LogP contribution >= 0.6 is 23.2 Å². The quantitative estimate of drug-likeness (QED) is 0.876. The molecule has 1 rings (SSSR count). The van der Waals surface area contributed by atoms with Crippen molar-refractivity contribution in [1.29, 1.82) is 0 Å². The fraction of sp³-hybridized carbons (Fsp3) is 0.417. The van der Waals surface area contributed by atoms with Crippen molar-refractivity contribution in [3.05, 3.63) is 27.7 Å². The first-order valence-corrected chi connectivity index (χ1v) is 6.23. The number of carbonyl (C=O) groups is 1. The van der Waals surface area contributed by atoms with Crippen LogP contribution in [-0.2, 0) is 0 Å². The van der Waals surface area contributed by atoms with Gasteiger partial charge in [0, 0.05) is 5.56 Å². The van der Waals surface area contributed by atoms with Gasteiger partial charge in [0.25, 0.3) is 5.91 Å². The van der Waals surface area contributed by atoms with Crippen molar-refractivity contribution in [3.8, 4) is 5.75 Å². The second-order valence-electron chi connectivity index (χ2n) is 3.73. The van der Waals surface area contributed by atoms with Crippen molar-refractivity contribution in [2.45, 2.75) is 19.4 Å². The third-order valence-electron chi connectivity index (χ3n) is 2.51. The molecule has 0 spiro atoms. The fourth-order valence-corrected chi connectivity index (χ4v) is 2.07. The number of hydrogen-bond donors (Lipinski definition) is 2. The molecule has 0 radical (unpaired) electrons. The smallest absolute Gasteiger partial charge is 0.251 e. The summed E-state index contributed by atoms with van der Waals surface area (Å²) in [5, 5.41) is 12.2. The van der Waals surface area contributed by atoms with Gasteiger partial charge in [-0.2, -0.15) is 0 Å². The predicted octanol–water partition coefficient (Wildman–Crippen LogP) is 2.50. The van der Waals surface area contributed by atoms with Gasteiger partial charge in [-0.25, -0.2) is 0 Å². The number of aliphatic hydroxyl groups is 1. The molecule has 1 amide bonds. The topological polar surface area (TPSA) is 58.6 Å². The van der Waals surface area contributed by atoms with E-state index in [9.17, 15) is 4.79 Å². The first kappa shape index (κ1) is 15.1. The Morgan fingerprint density at radius 2 is 2.00 bits per heavy atom. The molecule has 6 heteroatoms. The number of hydrogen-bond acceptors (Lipinski definition) is 3. The summed E-state index contributed by atoms with van der Waals surface area (Å²) in [6.45, 7) is 1.76. The highest BCUT2D eigenvalue weighted by Crippen LogP contribution is 2.33. The Kier molecular flexibility index (Phi) is 5.72. The van der Waals surface area contributed by atoms with E-state index < -0.39 is 0 Å². The van der Waals surface area contributed by atoms with Crippen LogP contribution in [0.1, 0.15) is 23.7 Å². The highest BCUT2D eigenvalue weighted by Gasteiger charge is 2.15. The summed E-state index contributed by atoms with van der Waals surface area (Å²) in [4.78, 5) is 11.9. The first-order chi connectivity index (χ1) is 8.53. The number of rotatable bonds is 5. The Balaban J connectivity index is 2.93. The maximum Gasteiger partial charge on any atom is 0.251 e. The average molecular weight is 292 g/mol. The molecule has 0 fully saturated rings. The summed E-state index contributed by atoms with van der Waals surface area (Å²) in [5.41, 5.74) is 0.331. The van der Waals surface area contributed by atoms with Crippen LogP contribution in [0.2, 0.25) is 10.0 Å². The van der Waals surface area contributed by atoms with Gasteiger partial charge >= 0.3 is 0 Å². The predicted molar refractivity (Wildman–Crippen MR) is 71.6 cm³/mol. The van der Waals surface area contributed by atoms with Crippen LogP contribution in [0, 0.1) is 0 Å². The van der Waals surface area contributed by atoms with Crippen molar-refractivity contribution in [2.24, 2.45) is 0 Å². The van der Waals surface area contributed by atoms with Crippen LogP contribution in [0.5, 0.6) is 5.75 Å². The lowest BCUT2D eigenvalue weighted by Gasteiger charge is -2.15. The van der Waals surface area contributed by atoms with Crippen LogP contribution < -0.4 is 10.1 Å². The molecule has 0 unspecified atom stereocenters. The van der Waals surface area contributed by atoms with E-state index in [1.807, 2.05) is 6.92 Å². The van der Waals surface area contributed by atoms with Gasteiger partial charge in [0.1, 0.15) is 0 Å². The molecule has 0 bridgehead atoms. The summed E-state index contributed by atoms with van der Waals surface area (Å²) < 4.78 is 5.00. The summed E-state index contributed by atoms with van der Waals surface area (Å²) >= 11 is 11.9. The van der Waals surface area contributed by atoms with E-state index in [0.717, 1.165) is 0 Å². The van der Waals surface area contributed by atoms with E-state index in [1.54, 1.807) is 0 Å². The Bertz CT molecular complexity index is 410. The molecule has 0 aliphatic heterocycles. The molecule has 100 valence electrons. The van der Waals surface area contributed by atoms with Crippen LogP contribution in [-0.4, -0.2) is 30.8 Å². The minimum Gasteiger partial charge on any atom is -0.494 e. The molecular weight excluding hydrogens is 277 g/mol. The third-order valence-corrected chi connectivity index (χ3v) is 3.07. The van der Waals surface area contributed by atoms with Gasteiger partial charge in [-0.3, -0.25) is 4.79 Å². The van der Waals surface area contributed by atoms with Crippen LogP contribution in [0.25, 0.3) is 0 Å². The number of methoxy groups -OCH3 is 1. The van der Waals surface area contributed by atoms with Crippen molar-refractivity contribution >= 4 is 29.1 Å². The third kappa shape index (κ3) is 3.51. The molecule has 0 saturated heterocycles. The lowest BCUT2D eigenvalue weighted by atomic mass is 10.1. The number of ether oxygens (including phenoxy) is 1. The zero-order chi connectivity index (χ0) is 13.7. The standard InChI is InChI=1S/C12H15Cl2NO3/c1-3-8(6-16)15-12(17)7-4-9(13)11(18-2)10(14)5-7/h4-5,8,16H,3,6H2,1-2H3,(H,15,17)/t8-/m0/s1. The molecule has 0 aliphatic carbocycles. The summed E-state index contributed by atoms with van der Waals surface area (Å²) in [6.07, 6.45) is 0.639. The SMILES string of the molecule is CC[C@@H](CO)NC(=O)c1cc(Cl)c(OC)c(Cl)c1. The fourth-order valence-electron chi connectivity index (χ4n) is 1.43. The number of carbonyl (C=O) groups excluding carboxylic acids is 1. The highest BCUT2D eigenvalue weighted by atomic mass is 35.5. The molecule has 1 atom stereocenters. The van der Waals surface area contributed by atoms with Gasteiger partial charge in [-0.05, 0) is 18.6 Å². The number of amides is 1. The molecule has 4 nitrogen and oxygen atoms in total. The molecular formula is C12H15Cl2NO3. The molecule has 0 heterocycles. The van der Waals surface area contributed by atoms with Gasteiger partial charge in [0.2, 0.25) is 0 Å². The molecule has 1 aromatic carbocycles. The van der Waals surface area contributed by atoms with Crippen LogP contribution in [0.4, 0.5) is 0 Å². The van der Waals surface area contributed by atoms with Gasteiger partial charge in [0.15, 0.2) is 5.75 Å². The normalized spacial score (nSPS) is 12.1. The van der Waals surface area contributed by atoms with Crippen molar-refractivity contribution in [2.75, 3.05) is 13.7 Å². The van der Waals surface area contributed by atoms with E-state index in [2.05, 4.69) is 5.32 Å². The van der Waals surface area contributed by atoms with E-state index in [-0.39, 0.29) is 28.6 Å². The molecule has 0 saturated carbocycles. The Hall–Kier alpha value is -0.970. The van der Waals surface area contributed by atoms with Crippen LogP contribution in [0.15, 0.2) is 12.1 Å². The van der Waals surface area contributed by atoms with Gasteiger partial charge in [0.05, 0.1) is 29.8 Å². The number of aliphatic hydroxyl groups excluding tert-OH is 1. The van der Waals surface area contributed by atoms with E-state index in [0.29, 0.717) is 17.7 Å². The first-order valence-electron chi connectivity index (χ1n) is 5.48. The Labute approximate surface area is 116 Å². The maximum absolute atomic E-state index is 11.9. The Morgan fingerprint density at radius 1 is 1.44 bits per heavy atom. The number of halogens is 2. The van der Waals surface area contributed by atoms with Crippen molar-refractivity contribution in [3.63, 3.8) is 0 Å².